The molecule has 5 heteroatoms. The smallest absolute Gasteiger partial charge is 0.303 e. The van der Waals surface area contributed by atoms with E-state index in [-0.39, 0.29) is 5.78 Å². The van der Waals surface area contributed by atoms with E-state index in [1.54, 1.807) is 19.1 Å². The summed E-state index contributed by atoms with van der Waals surface area (Å²) in [6.07, 6.45) is 3.18. The summed E-state index contributed by atoms with van der Waals surface area (Å²) >= 11 is 6.34. The molecule has 76 valence electrons. The van der Waals surface area contributed by atoms with Crippen molar-refractivity contribution in [2.75, 3.05) is 0 Å². The van der Waals surface area contributed by atoms with Gasteiger partial charge < -0.3 is 4.74 Å². The Balaban J connectivity index is 3.06. The quantitative estimate of drug-likeness (QED) is 0.696. The number of esters is 1. The number of hydrogen-bond donors (Lipinski definition) is 0. The molecule has 0 amide bonds. The fourth-order valence-corrected chi connectivity index (χ4v) is 2.78. The molecule has 0 aromatic carbocycles. The molecule has 0 N–H and O–H groups in total. The predicted molar refractivity (Wildman–Crippen MR) is 59.2 cm³/mol. The minimum Gasteiger partial charge on any atom is -0.447 e. The molecule has 0 saturated heterocycles. The van der Waals surface area contributed by atoms with Gasteiger partial charge in [-0.1, -0.05) is 15.9 Å². The summed E-state index contributed by atoms with van der Waals surface area (Å²) in [7, 11) is 0. The first-order chi connectivity index (χ1) is 6.35. The zero-order valence-corrected chi connectivity index (χ0v) is 10.8. The molecule has 1 aliphatic carbocycles. The Hall–Kier alpha value is -0.420. The van der Waals surface area contributed by atoms with Gasteiger partial charge in [-0.2, -0.15) is 0 Å². The maximum absolute atomic E-state index is 11.7. The molecule has 1 atom stereocenters. The summed E-state index contributed by atoms with van der Waals surface area (Å²) in [5.74, 6) is -0.754. The van der Waals surface area contributed by atoms with Gasteiger partial charge in [-0.15, -0.1) is 0 Å². The van der Waals surface area contributed by atoms with E-state index < -0.39 is 11.6 Å². The molecule has 0 fully saturated rings. The molecule has 0 bridgehead atoms. The molecule has 0 aromatic heterocycles. The Morgan fingerprint density at radius 1 is 1.50 bits per heavy atom. The first kappa shape index (κ1) is 11.7. The van der Waals surface area contributed by atoms with E-state index in [1.165, 1.54) is 6.92 Å². The second-order valence-corrected chi connectivity index (χ2v) is 4.82. The second-order valence-electron chi connectivity index (χ2n) is 3.05. The van der Waals surface area contributed by atoms with Gasteiger partial charge in [0, 0.05) is 11.4 Å². The number of halogens is 2. The second kappa shape index (κ2) is 3.98. The third kappa shape index (κ3) is 2.33. The van der Waals surface area contributed by atoms with Crippen molar-refractivity contribution in [1.82, 2.24) is 0 Å². The van der Waals surface area contributed by atoms with Crippen LogP contribution in [0.25, 0.3) is 0 Å². The fourth-order valence-electron chi connectivity index (χ4n) is 1.17. The summed E-state index contributed by atoms with van der Waals surface area (Å²) in [6, 6.07) is 0. The highest BCUT2D eigenvalue weighted by atomic mass is 79.9. The number of rotatable bonds is 1. The average molecular weight is 324 g/mol. The minimum atomic E-state index is -1.21. The van der Waals surface area contributed by atoms with Gasteiger partial charge in [0.05, 0.1) is 4.48 Å². The van der Waals surface area contributed by atoms with Gasteiger partial charge in [0.25, 0.3) is 0 Å². The van der Waals surface area contributed by atoms with Crippen LogP contribution < -0.4 is 0 Å². The third-order valence-electron chi connectivity index (χ3n) is 1.70. The van der Waals surface area contributed by atoms with Crippen molar-refractivity contribution in [3.63, 3.8) is 0 Å². The van der Waals surface area contributed by atoms with Gasteiger partial charge in [0.2, 0.25) is 5.78 Å². The normalized spacial score (nSPS) is 26.7. The summed E-state index contributed by atoms with van der Waals surface area (Å²) in [4.78, 5) is 22.5. The highest BCUT2D eigenvalue weighted by molar-refractivity contribution is 9.12. The lowest BCUT2D eigenvalue weighted by atomic mass is 9.96. The topological polar surface area (TPSA) is 43.4 Å². The van der Waals surface area contributed by atoms with Crippen LogP contribution >= 0.6 is 31.9 Å². The Bertz CT molecular complexity index is 357. The number of Topliss-reactive ketones (excluding diaryl/α,β-unsaturated/α-hetero) is 1. The van der Waals surface area contributed by atoms with Crippen LogP contribution in [0.2, 0.25) is 0 Å². The largest absolute Gasteiger partial charge is 0.447 e. The van der Waals surface area contributed by atoms with Gasteiger partial charge in [0.15, 0.2) is 5.60 Å². The van der Waals surface area contributed by atoms with E-state index >= 15 is 0 Å². The standard InChI is InChI=1S/C9H8Br2O3/c1-5(12)14-9(2)4-6(10)3-7(11)8(9)13/h3-4H,1-2H3. The van der Waals surface area contributed by atoms with Gasteiger partial charge in [0.1, 0.15) is 0 Å². The summed E-state index contributed by atoms with van der Waals surface area (Å²) < 4.78 is 6.05. The molecule has 0 radical (unpaired) electrons. The van der Waals surface area contributed by atoms with Gasteiger partial charge in [-0.3, -0.25) is 9.59 Å². The van der Waals surface area contributed by atoms with Gasteiger partial charge in [-0.25, -0.2) is 0 Å². The monoisotopic (exact) mass is 322 g/mol. The first-order valence-corrected chi connectivity index (χ1v) is 5.44. The number of ketones is 1. The zero-order valence-electron chi connectivity index (χ0n) is 7.64. The zero-order chi connectivity index (χ0) is 10.9. The lowest BCUT2D eigenvalue weighted by Crippen LogP contribution is -2.39. The van der Waals surface area contributed by atoms with E-state index in [0.29, 0.717) is 8.96 Å². The highest BCUT2D eigenvalue weighted by Crippen LogP contribution is 2.31. The van der Waals surface area contributed by atoms with Crippen molar-refractivity contribution < 1.29 is 14.3 Å². The van der Waals surface area contributed by atoms with E-state index in [9.17, 15) is 9.59 Å². The van der Waals surface area contributed by atoms with Crippen LogP contribution in [0.4, 0.5) is 0 Å². The summed E-state index contributed by atoms with van der Waals surface area (Å²) in [5.41, 5.74) is -1.21. The highest BCUT2D eigenvalue weighted by Gasteiger charge is 2.38. The van der Waals surface area contributed by atoms with Crippen LogP contribution in [-0.4, -0.2) is 17.4 Å². The molecule has 0 aliphatic heterocycles. The van der Waals surface area contributed by atoms with Crippen LogP contribution in [-0.2, 0) is 14.3 Å². The van der Waals surface area contributed by atoms with Crippen molar-refractivity contribution in [1.29, 1.82) is 0 Å². The van der Waals surface area contributed by atoms with Gasteiger partial charge in [-0.05, 0) is 35.0 Å². The third-order valence-corrected chi connectivity index (χ3v) is 2.75. The van der Waals surface area contributed by atoms with Crippen LogP contribution in [0.5, 0.6) is 0 Å². The number of ether oxygens (including phenoxy) is 1. The number of hydrogen-bond acceptors (Lipinski definition) is 3. The van der Waals surface area contributed by atoms with Crippen LogP contribution in [0.3, 0.4) is 0 Å². The number of carbonyl (C=O) groups excluding carboxylic acids is 2. The molecule has 14 heavy (non-hydrogen) atoms. The Kier molecular flexibility index (Phi) is 3.32. The molecule has 3 nitrogen and oxygen atoms in total. The molecule has 0 aromatic rings. The van der Waals surface area contributed by atoms with Crippen molar-refractivity contribution in [3.8, 4) is 0 Å². The lowest BCUT2D eigenvalue weighted by molar-refractivity contribution is -0.157. The van der Waals surface area contributed by atoms with Gasteiger partial charge >= 0.3 is 5.97 Å². The maximum atomic E-state index is 11.7. The maximum Gasteiger partial charge on any atom is 0.303 e. The van der Waals surface area contributed by atoms with Crippen molar-refractivity contribution >= 4 is 43.6 Å². The predicted octanol–water partition coefficient (Wildman–Crippen LogP) is 2.45. The molecule has 1 unspecified atom stereocenters. The van der Waals surface area contributed by atoms with Crippen LogP contribution in [0, 0.1) is 0 Å². The van der Waals surface area contributed by atoms with Crippen molar-refractivity contribution in [2.24, 2.45) is 0 Å². The molecule has 0 heterocycles. The van der Waals surface area contributed by atoms with Crippen LogP contribution in [0.15, 0.2) is 21.1 Å². The Morgan fingerprint density at radius 3 is 2.57 bits per heavy atom. The average Bonchev–Trinajstić information content (AvgIpc) is 1.98. The summed E-state index contributed by atoms with van der Waals surface area (Å²) in [6.45, 7) is 2.82. The van der Waals surface area contributed by atoms with E-state index in [4.69, 9.17) is 4.74 Å². The summed E-state index contributed by atoms with van der Waals surface area (Å²) in [5, 5.41) is 0. The van der Waals surface area contributed by atoms with Crippen molar-refractivity contribution in [3.05, 3.63) is 21.1 Å². The molecule has 1 rings (SSSR count). The van der Waals surface area contributed by atoms with E-state index in [0.717, 1.165) is 0 Å². The Morgan fingerprint density at radius 2 is 2.07 bits per heavy atom. The van der Waals surface area contributed by atoms with Crippen LogP contribution in [0.1, 0.15) is 13.8 Å². The molecular formula is C9H8Br2O3. The SMILES string of the molecule is CC(=O)OC1(C)C=C(Br)C=C(Br)C1=O. The van der Waals surface area contributed by atoms with Crippen molar-refractivity contribution in [2.45, 2.75) is 19.4 Å². The lowest BCUT2D eigenvalue weighted by Gasteiger charge is -2.26. The molecule has 0 spiro atoms. The van der Waals surface area contributed by atoms with E-state index in [2.05, 4.69) is 31.9 Å². The van der Waals surface area contributed by atoms with E-state index in [1.807, 2.05) is 0 Å². The molecular weight excluding hydrogens is 316 g/mol. The Labute approximate surface area is 98.4 Å². The minimum absolute atomic E-state index is 0.268. The number of carbonyl (C=O) groups is 2. The fraction of sp³-hybridized carbons (Fsp3) is 0.333. The molecule has 1 aliphatic rings. The molecule has 0 saturated carbocycles. The number of allylic oxidation sites excluding steroid dienone is 2. The first-order valence-electron chi connectivity index (χ1n) is 3.85.